The Kier molecular flexibility index (Phi) is 4.35. The summed E-state index contributed by atoms with van der Waals surface area (Å²) in [5, 5.41) is 8.96. The average molecular weight is 202 g/mol. The number of rotatable bonds is 5. The van der Waals surface area contributed by atoms with Gasteiger partial charge in [0, 0.05) is 12.0 Å². The second-order valence-corrected chi connectivity index (χ2v) is 3.22. The molecule has 15 heavy (non-hydrogen) atoms. The van der Waals surface area contributed by atoms with Crippen molar-refractivity contribution in [3.8, 4) is 0 Å². The average Bonchev–Trinajstić information content (AvgIpc) is 2.25. The number of allylic oxidation sites excluding steroid dienone is 2. The number of carboxylic acids is 1. The van der Waals surface area contributed by atoms with Gasteiger partial charge in [-0.2, -0.15) is 0 Å². The fraction of sp³-hybridized carbons (Fsp3) is 0.154. The Balaban J connectivity index is 2.76. The predicted octanol–water partition coefficient (Wildman–Crippen LogP) is 2.82. The fourth-order valence-electron chi connectivity index (χ4n) is 1.28. The Morgan fingerprint density at radius 1 is 1.33 bits per heavy atom. The van der Waals surface area contributed by atoms with Crippen molar-refractivity contribution in [3.05, 3.63) is 60.2 Å². The van der Waals surface area contributed by atoms with Crippen LogP contribution in [0.15, 0.2) is 54.6 Å². The maximum absolute atomic E-state index is 10.9. The van der Waals surface area contributed by atoms with Gasteiger partial charge in [0.05, 0.1) is 0 Å². The highest BCUT2D eigenvalue weighted by Crippen LogP contribution is 2.09. The van der Waals surface area contributed by atoms with Gasteiger partial charge in [0.1, 0.15) is 0 Å². The Bertz CT molecular complexity index is 363. The van der Waals surface area contributed by atoms with Gasteiger partial charge in [0.2, 0.25) is 0 Å². The lowest BCUT2D eigenvalue weighted by Crippen LogP contribution is -2.03. The van der Waals surface area contributed by atoms with Crippen molar-refractivity contribution in [2.45, 2.75) is 12.8 Å². The SMILES string of the molecule is C=CCC=C(Cc1ccccc1)C(=O)O. The summed E-state index contributed by atoms with van der Waals surface area (Å²) in [5.41, 5.74) is 1.43. The van der Waals surface area contributed by atoms with E-state index in [4.69, 9.17) is 5.11 Å². The Hall–Kier alpha value is -1.83. The van der Waals surface area contributed by atoms with Gasteiger partial charge in [0.15, 0.2) is 0 Å². The summed E-state index contributed by atoms with van der Waals surface area (Å²) in [5.74, 6) is -0.860. The van der Waals surface area contributed by atoms with Crippen LogP contribution < -0.4 is 0 Å². The van der Waals surface area contributed by atoms with E-state index in [9.17, 15) is 4.79 Å². The van der Waals surface area contributed by atoms with Crippen LogP contribution in [-0.4, -0.2) is 11.1 Å². The van der Waals surface area contributed by atoms with Crippen molar-refractivity contribution < 1.29 is 9.90 Å². The lowest BCUT2D eigenvalue weighted by molar-refractivity contribution is -0.132. The van der Waals surface area contributed by atoms with Crippen molar-refractivity contribution in [1.82, 2.24) is 0 Å². The number of benzene rings is 1. The molecule has 0 aromatic heterocycles. The van der Waals surface area contributed by atoms with Crippen LogP contribution in [0.3, 0.4) is 0 Å². The first-order chi connectivity index (χ1) is 7.24. The zero-order valence-electron chi connectivity index (χ0n) is 8.52. The van der Waals surface area contributed by atoms with Crippen LogP contribution in [0.1, 0.15) is 12.0 Å². The highest BCUT2D eigenvalue weighted by molar-refractivity contribution is 5.87. The first kappa shape index (κ1) is 11.2. The second kappa shape index (κ2) is 5.81. The van der Waals surface area contributed by atoms with Crippen LogP contribution in [0.25, 0.3) is 0 Å². The van der Waals surface area contributed by atoms with Crippen molar-refractivity contribution in [1.29, 1.82) is 0 Å². The normalized spacial score (nSPS) is 11.1. The van der Waals surface area contributed by atoms with E-state index < -0.39 is 5.97 Å². The number of aliphatic carboxylic acids is 1. The summed E-state index contributed by atoms with van der Waals surface area (Å²) in [6.07, 6.45) is 4.44. The molecule has 1 aromatic rings. The molecule has 0 radical (unpaired) electrons. The molecule has 0 saturated heterocycles. The molecule has 0 unspecified atom stereocenters. The number of carboxylic acid groups (broad SMARTS) is 1. The first-order valence-electron chi connectivity index (χ1n) is 4.81. The predicted molar refractivity (Wildman–Crippen MR) is 60.7 cm³/mol. The summed E-state index contributed by atoms with van der Waals surface area (Å²) in [6, 6.07) is 9.57. The van der Waals surface area contributed by atoms with Gasteiger partial charge in [-0.25, -0.2) is 4.79 Å². The maximum atomic E-state index is 10.9. The Morgan fingerprint density at radius 2 is 2.00 bits per heavy atom. The van der Waals surface area contributed by atoms with Crippen molar-refractivity contribution in [2.24, 2.45) is 0 Å². The quantitative estimate of drug-likeness (QED) is 0.589. The Morgan fingerprint density at radius 3 is 2.53 bits per heavy atom. The van der Waals surface area contributed by atoms with E-state index in [0.29, 0.717) is 18.4 Å². The van der Waals surface area contributed by atoms with E-state index in [1.165, 1.54) is 0 Å². The molecule has 0 bridgehead atoms. The van der Waals surface area contributed by atoms with Crippen LogP contribution in [0.5, 0.6) is 0 Å². The minimum Gasteiger partial charge on any atom is -0.478 e. The molecule has 0 aliphatic rings. The van der Waals surface area contributed by atoms with Gasteiger partial charge >= 0.3 is 5.97 Å². The fourth-order valence-corrected chi connectivity index (χ4v) is 1.28. The van der Waals surface area contributed by atoms with E-state index in [0.717, 1.165) is 5.56 Å². The van der Waals surface area contributed by atoms with Crippen LogP contribution in [0.2, 0.25) is 0 Å². The highest BCUT2D eigenvalue weighted by Gasteiger charge is 2.06. The minimum absolute atomic E-state index is 0.418. The van der Waals surface area contributed by atoms with Gasteiger partial charge in [-0.3, -0.25) is 0 Å². The lowest BCUT2D eigenvalue weighted by atomic mass is 10.0. The van der Waals surface area contributed by atoms with E-state index in [-0.39, 0.29) is 0 Å². The molecule has 0 atom stereocenters. The zero-order valence-corrected chi connectivity index (χ0v) is 8.52. The standard InChI is InChI=1S/C13H14O2/c1-2-3-9-12(13(14)15)10-11-7-5-4-6-8-11/h2,4-9H,1,3,10H2,(H,14,15). The molecule has 1 rings (SSSR count). The Labute approximate surface area is 89.6 Å². The minimum atomic E-state index is -0.860. The van der Waals surface area contributed by atoms with Crippen LogP contribution >= 0.6 is 0 Å². The molecular weight excluding hydrogens is 188 g/mol. The van der Waals surface area contributed by atoms with Crippen molar-refractivity contribution >= 4 is 5.97 Å². The highest BCUT2D eigenvalue weighted by atomic mass is 16.4. The number of hydrogen-bond acceptors (Lipinski definition) is 1. The summed E-state index contributed by atoms with van der Waals surface area (Å²) in [4.78, 5) is 10.9. The molecule has 2 nitrogen and oxygen atoms in total. The second-order valence-electron chi connectivity index (χ2n) is 3.22. The summed E-state index contributed by atoms with van der Waals surface area (Å²) < 4.78 is 0. The van der Waals surface area contributed by atoms with Gasteiger partial charge < -0.3 is 5.11 Å². The molecule has 0 spiro atoms. The topological polar surface area (TPSA) is 37.3 Å². The zero-order chi connectivity index (χ0) is 11.1. The molecule has 0 aliphatic heterocycles. The number of hydrogen-bond donors (Lipinski definition) is 1. The largest absolute Gasteiger partial charge is 0.478 e. The van der Waals surface area contributed by atoms with Crippen LogP contribution in [0, 0.1) is 0 Å². The summed E-state index contributed by atoms with van der Waals surface area (Å²) >= 11 is 0. The summed E-state index contributed by atoms with van der Waals surface area (Å²) in [7, 11) is 0. The third-order valence-electron chi connectivity index (χ3n) is 2.04. The molecular formula is C13H14O2. The monoisotopic (exact) mass is 202 g/mol. The molecule has 0 saturated carbocycles. The lowest BCUT2D eigenvalue weighted by Gasteiger charge is -2.02. The van der Waals surface area contributed by atoms with Gasteiger partial charge in [-0.15, -0.1) is 6.58 Å². The first-order valence-corrected chi connectivity index (χ1v) is 4.81. The van der Waals surface area contributed by atoms with Crippen molar-refractivity contribution in [2.75, 3.05) is 0 Å². The van der Waals surface area contributed by atoms with Crippen LogP contribution in [0.4, 0.5) is 0 Å². The molecule has 0 fully saturated rings. The molecule has 0 aliphatic carbocycles. The van der Waals surface area contributed by atoms with Crippen molar-refractivity contribution in [3.63, 3.8) is 0 Å². The van der Waals surface area contributed by atoms with E-state index in [2.05, 4.69) is 6.58 Å². The maximum Gasteiger partial charge on any atom is 0.331 e. The third kappa shape index (κ3) is 3.81. The van der Waals surface area contributed by atoms with Crippen LogP contribution in [-0.2, 0) is 11.2 Å². The molecule has 78 valence electrons. The smallest absolute Gasteiger partial charge is 0.331 e. The van der Waals surface area contributed by atoms with Gasteiger partial charge in [-0.1, -0.05) is 42.5 Å². The third-order valence-corrected chi connectivity index (χ3v) is 2.04. The molecule has 1 N–H and O–H groups in total. The molecule has 1 aromatic carbocycles. The molecule has 2 heteroatoms. The van der Waals surface area contributed by atoms with E-state index in [1.807, 2.05) is 30.3 Å². The number of carbonyl (C=O) groups is 1. The van der Waals surface area contributed by atoms with E-state index in [1.54, 1.807) is 12.2 Å². The van der Waals surface area contributed by atoms with E-state index >= 15 is 0 Å². The van der Waals surface area contributed by atoms with Gasteiger partial charge in [-0.05, 0) is 12.0 Å². The molecule has 0 heterocycles. The molecule has 0 amide bonds. The summed E-state index contributed by atoms with van der Waals surface area (Å²) in [6.45, 7) is 3.56. The van der Waals surface area contributed by atoms with Gasteiger partial charge in [0.25, 0.3) is 0 Å².